The molecule has 0 saturated carbocycles. The molecule has 0 saturated heterocycles. The van der Waals surface area contributed by atoms with E-state index in [-0.39, 0.29) is 24.5 Å². The largest absolute Gasteiger partial charge is 0.456 e. The number of ketones is 1. The third-order valence-electron chi connectivity index (χ3n) is 4.55. The summed E-state index contributed by atoms with van der Waals surface area (Å²) >= 11 is 12.0. The van der Waals surface area contributed by atoms with E-state index in [9.17, 15) is 14.4 Å². The van der Waals surface area contributed by atoms with Gasteiger partial charge in [-0.1, -0.05) is 47.5 Å². The number of nitrogens with one attached hydrogen (secondary N) is 1. The molecule has 6 nitrogen and oxygen atoms in total. The molecule has 0 aliphatic carbocycles. The molecule has 0 heterocycles. The lowest BCUT2D eigenvalue weighted by Gasteiger charge is -2.12. The van der Waals surface area contributed by atoms with Gasteiger partial charge in [0, 0.05) is 22.7 Å². The van der Waals surface area contributed by atoms with Gasteiger partial charge in [0.05, 0.1) is 11.4 Å². The van der Waals surface area contributed by atoms with E-state index in [0.717, 1.165) is 0 Å². The van der Waals surface area contributed by atoms with Crippen LogP contribution in [0.3, 0.4) is 0 Å². The van der Waals surface area contributed by atoms with Gasteiger partial charge in [0.15, 0.2) is 6.10 Å². The van der Waals surface area contributed by atoms with Gasteiger partial charge in [-0.15, -0.1) is 0 Å². The average molecular weight is 486 g/mol. The van der Waals surface area contributed by atoms with Crippen molar-refractivity contribution in [2.24, 2.45) is 0 Å². The molecule has 0 spiro atoms. The summed E-state index contributed by atoms with van der Waals surface area (Å²) in [6.45, 7) is 1.48. The van der Waals surface area contributed by atoms with Crippen LogP contribution in [-0.2, 0) is 14.3 Å². The van der Waals surface area contributed by atoms with Crippen molar-refractivity contribution in [2.75, 3.05) is 5.32 Å². The molecule has 0 aliphatic rings. The van der Waals surface area contributed by atoms with Crippen LogP contribution in [-0.4, -0.2) is 23.8 Å². The Morgan fingerprint density at radius 2 is 1.64 bits per heavy atom. The number of halogens is 2. The molecule has 3 aromatic carbocycles. The zero-order chi connectivity index (χ0) is 23.8. The molecule has 1 N–H and O–H groups in total. The maximum absolute atomic E-state index is 12.3. The van der Waals surface area contributed by atoms with Crippen LogP contribution < -0.4 is 10.1 Å². The van der Waals surface area contributed by atoms with Crippen LogP contribution in [0.25, 0.3) is 0 Å². The fourth-order valence-electron chi connectivity index (χ4n) is 2.89. The number of ether oxygens (including phenoxy) is 2. The number of carbonyl (C=O) groups excluding carboxylic acids is 3. The standard InChI is InChI=1S/C25H21Cl2NO5/c1-16(25(31)17-5-4-6-18(26)15-17)32-24(30)14-13-23(29)28-19-9-11-20(12-10-19)33-22-8-3-2-7-21(22)27/h2-12,15-16H,13-14H2,1H3,(H,28,29). The minimum absolute atomic E-state index is 0.0885. The SMILES string of the molecule is CC(OC(=O)CCC(=O)Nc1ccc(Oc2ccccc2Cl)cc1)C(=O)c1cccc(Cl)c1. The highest BCUT2D eigenvalue weighted by atomic mass is 35.5. The van der Waals surface area contributed by atoms with E-state index in [0.29, 0.717) is 32.8 Å². The predicted molar refractivity (Wildman–Crippen MR) is 127 cm³/mol. The number of rotatable bonds is 9. The van der Waals surface area contributed by atoms with E-state index >= 15 is 0 Å². The van der Waals surface area contributed by atoms with Gasteiger partial charge in [-0.2, -0.15) is 0 Å². The summed E-state index contributed by atoms with van der Waals surface area (Å²) in [6.07, 6.45) is -1.23. The molecule has 1 unspecified atom stereocenters. The van der Waals surface area contributed by atoms with E-state index in [4.69, 9.17) is 32.7 Å². The van der Waals surface area contributed by atoms with Crippen molar-refractivity contribution in [3.05, 3.63) is 88.4 Å². The van der Waals surface area contributed by atoms with Crippen molar-refractivity contribution < 1.29 is 23.9 Å². The number of esters is 1. The van der Waals surface area contributed by atoms with E-state index in [2.05, 4.69) is 5.32 Å². The molecule has 8 heteroatoms. The molecule has 3 rings (SSSR count). The van der Waals surface area contributed by atoms with Crippen LogP contribution in [0, 0.1) is 0 Å². The summed E-state index contributed by atoms with van der Waals surface area (Å²) in [7, 11) is 0. The number of hydrogen-bond donors (Lipinski definition) is 1. The fourth-order valence-corrected chi connectivity index (χ4v) is 3.25. The van der Waals surface area contributed by atoms with E-state index in [1.54, 1.807) is 60.7 Å². The Morgan fingerprint density at radius 3 is 2.33 bits per heavy atom. The van der Waals surface area contributed by atoms with Crippen LogP contribution in [0.5, 0.6) is 11.5 Å². The zero-order valence-electron chi connectivity index (χ0n) is 17.7. The predicted octanol–water partition coefficient (Wildman–Crippen LogP) is 6.32. The van der Waals surface area contributed by atoms with Crippen LogP contribution in [0.1, 0.15) is 30.1 Å². The molecule has 0 radical (unpaired) electrons. The summed E-state index contributed by atoms with van der Waals surface area (Å²) in [5, 5.41) is 3.61. The molecule has 0 aliphatic heterocycles. The zero-order valence-corrected chi connectivity index (χ0v) is 19.2. The minimum atomic E-state index is -0.982. The normalized spacial score (nSPS) is 11.4. The first kappa shape index (κ1) is 24.3. The number of amides is 1. The summed E-state index contributed by atoms with van der Waals surface area (Å²) in [4.78, 5) is 36.6. The molecule has 0 fully saturated rings. The van der Waals surface area contributed by atoms with Crippen molar-refractivity contribution >= 4 is 46.5 Å². The lowest BCUT2D eigenvalue weighted by Crippen LogP contribution is -2.25. The number of Topliss-reactive ketones (excluding diaryl/α,β-unsaturated/α-hetero) is 1. The minimum Gasteiger partial charge on any atom is -0.456 e. The van der Waals surface area contributed by atoms with Crippen molar-refractivity contribution in [2.45, 2.75) is 25.9 Å². The molecule has 33 heavy (non-hydrogen) atoms. The van der Waals surface area contributed by atoms with E-state index < -0.39 is 12.1 Å². The quantitative estimate of drug-likeness (QED) is 0.283. The Labute approximate surface area is 201 Å². The second-order valence-electron chi connectivity index (χ2n) is 7.11. The number of para-hydroxylation sites is 1. The first-order valence-electron chi connectivity index (χ1n) is 10.1. The highest BCUT2D eigenvalue weighted by Crippen LogP contribution is 2.29. The maximum atomic E-state index is 12.3. The summed E-state index contributed by atoms with van der Waals surface area (Å²) in [6, 6.07) is 20.2. The Kier molecular flexibility index (Phi) is 8.46. The topological polar surface area (TPSA) is 81.7 Å². The first-order valence-corrected chi connectivity index (χ1v) is 10.9. The Morgan fingerprint density at radius 1 is 0.909 bits per heavy atom. The molecule has 3 aromatic rings. The Balaban J connectivity index is 1.44. The number of hydrogen-bond acceptors (Lipinski definition) is 5. The smallest absolute Gasteiger partial charge is 0.307 e. The van der Waals surface area contributed by atoms with Crippen LogP contribution in [0.15, 0.2) is 72.8 Å². The van der Waals surface area contributed by atoms with Crippen molar-refractivity contribution in [3.63, 3.8) is 0 Å². The van der Waals surface area contributed by atoms with Gasteiger partial charge in [-0.25, -0.2) is 0 Å². The first-order chi connectivity index (χ1) is 15.8. The molecule has 1 amide bonds. The Bertz CT molecular complexity index is 1150. The second kappa shape index (κ2) is 11.5. The van der Waals surface area contributed by atoms with Gasteiger partial charge in [0.25, 0.3) is 0 Å². The molecular weight excluding hydrogens is 465 g/mol. The number of anilines is 1. The molecule has 1 atom stereocenters. The number of carbonyl (C=O) groups is 3. The highest BCUT2D eigenvalue weighted by molar-refractivity contribution is 6.32. The van der Waals surface area contributed by atoms with Crippen LogP contribution in [0.4, 0.5) is 5.69 Å². The molecule has 0 aromatic heterocycles. The van der Waals surface area contributed by atoms with Crippen LogP contribution >= 0.6 is 23.2 Å². The van der Waals surface area contributed by atoms with Gasteiger partial charge in [-0.05, 0) is 55.5 Å². The summed E-state index contributed by atoms with van der Waals surface area (Å²) in [5.74, 6) is -0.285. The third-order valence-corrected chi connectivity index (χ3v) is 5.09. The third kappa shape index (κ3) is 7.34. The van der Waals surface area contributed by atoms with E-state index in [1.165, 1.54) is 13.0 Å². The summed E-state index contributed by atoms with van der Waals surface area (Å²) in [5.41, 5.74) is 0.895. The Hall–Kier alpha value is -3.35. The van der Waals surface area contributed by atoms with Gasteiger partial charge >= 0.3 is 5.97 Å². The molecule has 170 valence electrons. The lowest BCUT2D eigenvalue weighted by molar-refractivity contribution is -0.147. The average Bonchev–Trinajstić information content (AvgIpc) is 2.80. The van der Waals surface area contributed by atoms with Crippen LogP contribution in [0.2, 0.25) is 10.0 Å². The van der Waals surface area contributed by atoms with Crippen molar-refractivity contribution in [1.82, 2.24) is 0 Å². The lowest BCUT2D eigenvalue weighted by atomic mass is 10.1. The van der Waals surface area contributed by atoms with Crippen molar-refractivity contribution in [1.29, 1.82) is 0 Å². The fraction of sp³-hybridized carbons (Fsp3) is 0.160. The van der Waals surface area contributed by atoms with E-state index in [1.807, 2.05) is 6.07 Å². The van der Waals surface area contributed by atoms with Crippen molar-refractivity contribution in [3.8, 4) is 11.5 Å². The van der Waals surface area contributed by atoms with Gasteiger partial charge in [0.2, 0.25) is 11.7 Å². The molecular formula is C25H21Cl2NO5. The van der Waals surface area contributed by atoms with Gasteiger partial charge in [-0.3, -0.25) is 14.4 Å². The second-order valence-corrected chi connectivity index (χ2v) is 7.96. The number of benzene rings is 3. The maximum Gasteiger partial charge on any atom is 0.307 e. The van der Waals surface area contributed by atoms with Gasteiger partial charge in [0.1, 0.15) is 11.5 Å². The molecule has 0 bridgehead atoms. The highest BCUT2D eigenvalue weighted by Gasteiger charge is 2.20. The van der Waals surface area contributed by atoms with Gasteiger partial charge < -0.3 is 14.8 Å². The summed E-state index contributed by atoms with van der Waals surface area (Å²) < 4.78 is 10.9. The monoisotopic (exact) mass is 485 g/mol.